The van der Waals surface area contributed by atoms with E-state index in [1.54, 1.807) is 0 Å². The number of esters is 1. The Bertz CT molecular complexity index is 253. The summed E-state index contributed by atoms with van der Waals surface area (Å²) in [6.45, 7) is 9.00. The van der Waals surface area contributed by atoms with E-state index in [9.17, 15) is 9.18 Å². The molecule has 94 valence electrons. The first-order valence-electron chi connectivity index (χ1n) is 5.81. The highest BCUT2D eigenvalue weighted by molar-refractivity contribution is 5.66. The van der Waals surface area contributed by atoms with Crippen LogP contribution in [0.25, 0.3) is 0 Å². The van der Waals surface area contributed by atoms with Gasteiger partial charge in [0.2, 0.25) is 0 Å². The summed E-state index contributed by atoms with van der Waals surface area (Å²) in [5.74, 6) is -0.241. The minimum absolute atomic E-state index is 0.0804. The number of rotatable bonds is 3. The average molecular weight is 232 g/mol. The zero-order chi connectivity index (χ0) is 12.5. The van der Waals surface area contributed by atoms with E-state index in [1.807, 2.05) is 27.7 Å². The molecular weight excluding hydrogens is 211 g/mol. The maximum absolute atomic E-state index is 14.1. The first-order chi connectivity index (χ1) is 7.34. The molecule has 0 spiro atoms. The summed E-state index contributed by atoms with van der Waals surface area (Å²) in [7, 11) is 0. The molecule has 1 heterocycles. The van der Waals surface area contributed by atoms with Gasteiger partial charge in [-0.3, -0.25) is 4.79 Å². The molecule has 0 saturated carbocycles. The monoisotopic (exact) mass is 232 g/mol. The molecule has 4 atom stereocenters. The van der Waals surface area contributed by atoms with E-state index >= 15 is 0 Å². The molecule has 0 N–H and O–H groups in total. The van der Waals surface area contributed by atoms with Gasteiger partial charge in [-0.1, -0.05) is 27.7 Å². The lowest BCUT2D eigenvalue weighted by Gasteiger charge is -2.21. The van der Waals surface area contributed by atoms with Crippen LogP contribution >= 0.6 is 0 Å². The molecular formula is C12H21FO3. The molecule has 1 fully saturated rings. The zero-order valence-corrected chi connectivity index (χ0v) is 10.6. The summed E-state index contributed by atoms with van der Waals surface area (Å²) in [5.41, 5.74) is 0. The van der Waals surface area contributed by atoms with Crippen molar-refractivity contribution in [3.63, 3.8) is 0 Å². The molecule has 1 aliphatic heterocycles. The Morgan fingerprint density at radius 3 is 2.06 bits per heavy atom. The van der Waals surface area contributed by atoms with Gasteiger partial charge in [0.05, 0.1) is 6.10 Å². The van der Waals surface area contributed by atoms with Gasteiger partial charge in [0.15, 0.2) is 12.3 Å². The third-order valence-corrected chi connectivity index (χ3v) is 2.88. The summed E-state index contributed by atoms with van der Waals surface area (Å²) in [4.78, 5) is 10.9. The van der Waals surface area contributed by atoms with Gasteiger partial charge in [-0.2, -0.15) is 0 Å². The second-order valence-corrected chi connectivity index (χ2v) is 5.07. The summed E-state index contributed by atoms with van der Waals surface area (Å²) in [6.07, 6.45) is -2.80. The number of carbonyl (C=O) groups excluding carboxylic acids is 1. The van der Waals surface area contributed by atoms with Crippen molar-refractivity contribution in [2.75, 3.05) is 0 Å². The van der Waals surface area contributed by atoms with Gasteiger partial charge in [0.25, 0.3) is 0 Å². The molecule has 4 heteroatoms. The highest BCUT2D eigenvalue weighted by Gasteiger charge is 2.49. The van der Waals surface area contributed by atoms with E-state index in [1.165, 1.54) is 6.92 Å². The topological polar surface area (TPSA) is 35.5 Å². The maximum atomic E-state index is 14.1. The average Bonchev–Trinajstić information content (AvgIpc) is 2.43. The fourth-order valence-corrected chi connectivity index (χ4v) is 2.09. The van der Waals surface area contributed by atoms with Crippen molar-refractivity contribution in [2.24, 2.45) is 11.8 Å². The standard InChI is InChI=1S/C12H21FO3/c1-6(2)10-9(13)12(15-8(5)14)11(16-10)7(3)4/h6-7,9-12H,1-5H3/t9-,10-,11+,12-/m0/s1. The molecule has 0 aromatic rings. The summed E-state index contributed by atoms with van der Waals surface area (Å²) in [5, 5.41) is 0. The van der Waals surface area contributed by atoms with E-state index in [4.69, 9.17) is 9.47 Å². The van der Waals surface area contributed by atoms with E-state index in [2.05, 4.69) is 0 Å². The lowest BCUT2D eigenvalue weighted by Crippen LogP contribution is -2.36. The van der Waals surface area contributed by atoms with Crippen molar-refractivity contribution in [3.05, 3.63) is 0 Å². The van der Waals surface area contributed by atoms with Crippen LogP contribution in [-0.2, 0) is 14.3 Å². The van der Waals surface area contributed by atoms with Crippen LogP contribution in [0.1, 0.15) is 34.6 Å². The summed E-state index contributed by atoms with van der Waals surface area (Å²) >= 11 is 0. The van der Waals surface area contributed by atoms with Crippen molar-refractivity contribution in [1.82, 2.24) is 0 Å². The van der Waals surface area contributed by atoms with Gasteiger partial charge >= 0.3 is 5.97 Å². The minimum atomic E-state index is -1.23. The van der Waals surface area contributed by atoms with Crippen LogP contribution in [0.4, 0.5) is 4.39 Å². The van der Waals surface area contributed by atoms with Gasteiger partial charge < -0.3 is 9.47 Å². The Morgan fingerprint density at radius 2 is 1.69 bits per heavy atom. The summed E-state index contributed by atoms with van der Waals surface area (Å²) in [6, 6.07) is 0. The van der Waals surface area contributed by atoms with Crippen LogP contribution in [0.15, 0.2) is 0 Å². The van der Waals surface area contributed by atoms with E-state index in [0.717, 1.165) is 0 Å². The number of carbonyl (C=O) groups is 1. The smallest absolute Gasteiger partial charge is 0.303 e. The van der Waals surface area contributed by atoms with E-state index < -0.39 is 24.3 Å². The first-order valence-corrected chi connectivity index (χ1v) is 5.81. The van der Waals surface area contributed by atoms with Crippen LogP contribution in [0.5, 0.6) is 0 Å². The molecule has 0 aromatic heterocycles. The lowest BCUT2D eigenvalue weighted by molar-refractivity contribution is -0.152. The first kappa shape index (κ1) is 13.4. The molecule has 1 saturated heterocycles. The van der Waals surface area contributed by atoms with Crippen molar-refractivity contribution < 1.29 is 18.7 Å². The highest BCUT2D eigenvalue weighted by Crippen LogP contribution is 2.34. The Kier molecular flexibility index (Phi) is 4.30. The Labute approximate surface area is 96.3 Å². The number of halogens is 1. The van der Waals surface area contributed by atoms with E-state index in [0.29, 0.717) is 0 Å². The van der Waals surface area contributed by atoms with Crippen molar-refractivity contribution in [3.8, 4) is 0 Å². The molecule has 0 radical (unpaired) electrons. The molecule has 0 unspecified atom stereocenters. The predicted molar refractivity (Wildman–Crippen MR) is 58.8 cm³/mol. The molecule has 0 bridgehead atoms. The van der Waals surface area contributed by atoms with Gasteiger partial charge in [-0.15, -0.1) is 0 Å². The van der Waals surface area contributed by atoms with Gasteiger partial charge in [0.1, 0.15) is 6.10 Å². The second kappa shape index (κ2) is 5.13. The maximum Gasteiger partial charge on any atom is 0.303 e. The van der Waals surface area contributed by atoms with E-state index in [-0.39, 0.29) is 17.9 Å². The van der Waals surface area contributed by atoms with Crippen molar-refractivity contribution >= 4 is 5.97 Å². The van der Waals surface area contributed by atoms with Gasteiger partial charge in [-0.25, -0.2) is 4.39 Å². The fourth-order valence-electron chi connectivity index (χ4n) is 2.09. The number of hydrogen-bond donors (Lipinski definition) is 0. The number of ether oxygens (including phenoxy) is 2. The zero-order valence-electron chi connectivity index (χ0n) is 10.6. The van der Waals surface area contributed by atoms with Crippen LogP contribution < -0.4 is 0 Å². The summed E-state index contributed by atoms with van der Waals surface area (Å²) < 4.78 is 24.8. The fraction of sp³-hybridized carbons (Fsp3) is 0.917. The Morgan fingerprint density at radius 1 is 1.19 bits per heavy atom. The lowest BCUT2D eigenvalue weighted by atomic mass is 9.96. The number of hydrogen-bond acceptors (Lipinski definition) is 3. The minimum Gasteiger partial charge on any atom is -0.457 e. The Balaban J connectivity index is 2.80. The molecule has 0 amide bonds. The van der Waals surface area contributed by atoms with Crippen LogP contribution in [0, 0.1) is 11.8 Å². The largest absolute Gasteiger partial charge is 0.457 e. The highest BCUT2D eigenvalue weighted by atomic mass is 19.1. The predicted octanol–water partition coefficient (Wildman–Crippen LogP) is 2.34. The molecule has 3 nitrogen and oxygen atoms in total. The van der Waals surface area contributed by atoms with Gasteiger partial charge in [0, 0.05) is 6.92 Å². The Hall–Kier alpha value is -0.640. The molecule has 1 aliphatic rings. The SMILES string of the molecule is CC(=O)O[C@H]1[C@@H](F)[C@H](C(C)C)O[C@@H]1C(C)C. The third kappa shape index (κ3) is 2.73. The van der Waals surface area contributed by atoms with Crippen LogP contribution in [0.2, 0.25) is 0 Å². The van der Waals surface area contributed by atoms with Crippen molar-refractivity contribution in [2.45, 2.75) is 59.1 Å². The molecule has 0 aliphatic carbocycles. The van der Waals surface area contributed by atoms with Crippen molar-refractivity contribution in [1.29, 1.82) is 0 Å². The second-order valence-electron chi connectivity index (χ2n) is 5.07. The van der Waals surface area contributed by atoms with Crippen LogP contribution in [0.3, 0.4) is 0 Å². The molecule has 0 aromatic carbocycles. The molecule has 16 heavy (non-hydrogen) atoms. The normalized spacial score (nSPS) is 34.8. The number of alkyl halides is 1. The van der Waals surface area contributed by atoms with Crippen LogP contribution in [-0.4, -0.2) is 30.5 Å². The third-order valence-electron chi connectivity index (χ3n) is 2.88. The van der Waals surface area contributed by atoms with Gasteiger partial charge in [-0.05, 0) is 11.8 Å². The quantitative estimate of drug-likeness (QED) is 0.701. The molecule has 1 rings (SSSR count).